The molecule has 1 fully saturated rings. The van der Waals surface area contributed by atoms with Gasteiger partial charge in [0.25, 0.3) is 5.91 Å². The first kappa shape index (κ1) is 10.2. The number of piperidine rings is 1. The van der Waals surface area contributed by atoms with Crippen molar-refractivity contribution in [2.24, 2.45) is 5.73 Å². The number of aromatic nitrogens is 1. The maximum atomic E-state index is 11.9. The molecule has 1 saturated heterocycles. The molecule has 1 aliphatic heterocycles. The molecule has 0 radical (unpaired) electrons. The number of nitrogens with zero attached hydrogens (tertiary/aromatic N) is 2. The first-order valence-electron chi connectivity index (χ1n) is 5.15. The number of hydrogen-bond donors (Lipinski definition) is 1. The Morgan fingerprint density at radius 1 is 1.73 bits per heavy atom. The highest BCUT2D eigenvalue weighted by atomic mass is 16.5. The van der Waals surface area contributed by atoms with E-state index in [1.54, 1.807) is 17.9 Å². The average Bonchev–Trinajstić information content (AvgIpc) is 2.64. The minimum absolute atomic E-state index is 0.0896. The number of carbonyl (C=O) groups excluding carboxylic acids is 1. The van der Waals surface area contributed by atoms with Crippen LogP contribution in [-0.4, -0.2) is 35.1 Å². The van der Waals surface area contributed by atoms with Crippen molar-refractivity contribution in [3.05, 3.63) is 17.5 Å². The van der Waals surface area contributed by atoms with Gasteiger partial charge in [0.2, 0.25) is 5.76 Å². The molecular weight excluding hydrogens is 194 g/mol. The van der Waals surface area contributed by atoms with E-state index in [1.807, 2.05) is 0 Å². The van der Waals surface area contributed by atoms with Crippen molar-refractivity contribution in [3.63, 3.8) is 0 Å². The van der Waals surface area contributed by atoms with E-state index in [-0.39, 0.29) is 11.9 Å². The summed E-state index contributed by atoms with van der Waals surface area (Å²) < 4.78 is 4.93. The lowest BCUT2D eigenvalue weighted by Gasteiger charge is -2.29. The van der Waals surface area contributed by atoms with Crippen LogP contribution in [-0.2, 0) is 0 Å². The monoisotopic (exact) mass is 209 g/mol. The Morgan fingerprint density at radius 2 is 2.53 bits per heavy atom. The van der Waals surface area contributed by atoms with Crippen LogP contribution in [0.5, 0.6) is 0 Å². The van der Waals surface area contributed by atoms with Gasteiger partial charge in [-0.1, -0.05) is 5.16 Å². The number of aryl methyl sites for hydroxylation is 1. The Bertz CT molecular complexity index is 361. The SMILES string of the molecule is Cc1cc(C(=O)N2CCC[C@H](N)C2)on1. The van der Waals surface area contributed by atoms with Crippen LogP contribution in [0.3, 0.4) is 0 Å². The molecule has 2 heterocycles. The van der Waals surface area contributed by atoms with E-state index in [9.17, 15) is 4.79 Å². The van der Waals surface area contributed by atoms with Gasteiger partial charge in [-0.05, 0) is 19.8 Å². The van der Waals surface area contributed by atoms with Crippen molar-refractivity contribution in [3.8, 4) is 0 Å². The molecule has 82 valence electrons. The third-order valence-electron chi connectivity index (χ3n) is 2.58. The summed E-state index contributed by atoms with van der Waals surface area (Å²) >= 11 is 0. The molecule has 1 aromatic heterocycles. The first-order chi connectivity index (χ1) is 7.16. The molecule has 5 nitrogen and oxygen atoms in total. The van der Waals surface area contributed by atoms with E-state index >= 15 is 0 Å². The number of carbonyl (C=O) groups is 1. The molecule has 5 heteroatoms. The predicted octanol–water partition coefficient (Wildman–Crippen LogP) is 0.546. The molecule has 1 aromatic rings. The van der Waals surface area contributed by atoms with Crippen molar-refractivity contribution in [1.29, 1.82) is 0 Å². The van der Waals surface area contributed by atoms with Gasteiger partial charge in [-0.15, -0.1) is 0 Å². The van der Waals surface area contributed by atoms with Gasteiger partial charge < -0.3 is 15.2 Å². The molecule has 2 N–H and O–H groups in total. The van der Waals surface area contributed by atoms with Crippen molar-refractivity contribution < 1.29 is 9.32 Å². The van der Waals surface area contributed by atoms with Gasteiger partial charge in [-0.25, -0.2) is 0 Å². The molecule has 1 amide bonds. The van der Waals surface area contributed by atoms with Crippen LogP contribution >= 0.6 is 0 Å². The zero-order valence-electron chi connectivity index (χ0n) is 8.77. The van der Waals surface area contributed by atoms with E-state index in [0.29, 0.717) is 12.3 Å². The lowest BCUT2D eigenvalue weighted by Crippen LogP contribution is -2.45. The van der Waals surface area contributed by atoms with Crippen LogP contribution < -0.4 is 5.73 Å². The zero-order chi connectivity index (χ0) is 10.8. The summed E-state index contributed by atoms with van der Waals surface area (Å²) in [5.41, 5.74) is 6.53. The number of rotatable bonds is 1. The van der Waals surface area contributed by atoms with Crippen LogP contribution in [0, 0.1) is 6.92 Å². The summed E-state index contributed by atoms with van der Waals surface area (Å²) in [6, 6.07) is 1.74. The Kier molecular flexibility index (Phi) is 2.73. The van der Waals surface area contributed by atoms with Crippen LogP contribution in [0.4, 0.5) is 0 Å². The van der Waals surface area contributed by atoms with Gasteiger partial charge >= 0.3 is 0 Å². The first-order valence-corrected chi connectivity index (χ1v) is 5.15. The minimum atomic E-state index is -0.106. The quantitative estimate of drug-likeness (QED) is 0.733. The van der Waals surface area contributed by atoms with E-state index in [4.69, 9.17) is 10.3 Å². The highest BCUT2D eigenvalue weighted by Crippen LogP contribution is 2.13. The maximum Gasteiger partial charge on any atom is 0.292 e. The Balaban J connectivity index is 2.07. The highest BCUT2D eigenvalue weighted by Gasteiger charge is 2.24. The van der Waals surface area contributed by atoms with Gasteiger partial charge in [-0.2, -0.15) is 0 Å². The minimum Gasteiger partial charge on any atom is -0.351 e. The number of amides is 1. The molecule has 15 heavy (non-hydrogen) atoms. The predicted molar refractivity (Wildman–Crippen MR) is 54.4 cm³/mol. The third kappa shape index (κ3) is 2.18. The number of nitrogens with two attached hydrogens (primary N) is 1. The second kappa shape index (κ2) is 4.02. The zero-order valence-corrected chi connectivity index (χ0v) is 8.77. The molecule has 0 aliphatic carbocycles. The molecule has 0 unspecified atom stereocenters. The van der Waals surface area contributed by atoms with E-state index in [0.717, 1.165) is 25.1 Å². The number of likely N-dealkylation sites (tertiary alicyclic amines) is 1. The molecule has 1 aliphatic rings. The molecule has 0 spiro atoms. The molecule has 0 bridgehead atoms. The van der Waals surface area contributed by atoms with Crippen LogP contribution in [0.15, 0.2) is 10.6 Å². The van der Waals surface area contributed by atoms with Crippen molar-refractivity contribution in [2.75, 3.05) is 13.1 Å². The van der Waals surface area contributed by atoms with Gasteiger partial charge in [0, 0.05) is 25.2 Å². The average molecular weight is 209 g/mol. The number of hydrogen-bond acceptors (Lipinski definition) is 4. The van der Waals surface area contributed by atoms with Gasteiger partial charge in [0.05, 0.1) is 5.69 Å². The highest BCUT2D eigenvalue weighted by molar-refractivity contribution is 5.91. The lowest BCUT2D eigenvalue weighted by atomic mass is 10.1. The second-order valence-electron chi connectivity index (χ2n) is 3.99. The second-order valence-corrected chi connectivity index (χ2v) is 3.99. The standard InChI is InChI=1S/C10H15N3O2/c1-7-5-9(15-12-7)10(14)13-4-2-3-8(11)6-13/h5,8H,2-4,6,11H2,1H3/t8-/m0/s1. The normalized spacial score (nSPS) is 21.7. The maximum absolute atomic E-state index is 11.9. The molecular formula is C10H15N3O2. The van der Waals surface area contributed by atoms with Crippen LogP contribution in [0.2, 0.25) is 0 Å². The largest absolute Gasteiger partial charge is 0.351 e. The van der Waals surface area contributed by atoms with Gasteiger partial charge in [0.1, 0.15) is 0 Å². The third-order valence-corrected chi connectivity index (χ3v) is 2.58. The Morgan fingerprint density at radius 3 is 3.13 bits per heavy atom. The summed E-state index contributed by atoms with van der Waals surface area (Å²) in [5, 5.41) is 3.70. The fourth-order valence-corrected chi connectivity index (χ4v) is 1.81. The summed E-state index contributed by atoms with van der Waals surface area (Å²) in [7, 11) is 0. The summed E-state index contributed by atoms with van der Waals surface area (Å²) in [5.74, 6) is 0.201. The van der Waals surface area contributed by atoms with Gasteiger partial charge in [0.15, 0.2) is 0 Å². The fraction of sp³-hybridized carbons (Fsp3) is 0.600. The van der Waals surface area contributed by atoms with Gasteiger partial charge in [-0.3, -0.25) is 4.79 Å². The Hall–Kier alpha value is -1.36. The van der Waals surface area contributed by atoms with Crippen molar-refractivity contribution in [2.45, 2.75) is 25.8 Å². The lowest BCUT2D eigenvalue weighted by molar-refractivity contribution is 0.0667. The van der Waals surface area contributed by atoms with Crippen molar-refractivity contribution in [1.82, 2.24) is 10.1 Å². The fourth-order valence-electron chi connectivity index (χ4n) is 1.81. The smallest absolute Gasteiger partial charge is 0.292 e. The summed E-state index contributed by atoms with van der Waals surface area (Å²) in [6.07, 6.45) is 1.94. The Labute approximate surface area is 88.2 Å². The molecule has 2 rings (SSSR count). The topological polar surface area (TPSA) is 72.4 Å². The van der Waals surface area contributed by atoms with E-state index in [1.165, 1.54) is 0 Å². The van der Waals surface area contributed by atoms with Crippen LogP contribution in [0.1, 0.15) is 29.1 Å². The van der Waals surface area contributed by atoms with Crippen molar-refractivity contribution >= 4 is 5.91 Å². The summed E-state index contributed by atoms with van der Waals surface area (Å²) in [4.78, 5) is 13.6. The van der Waals surface area contributed by atoms with E-state index < -0.39 is 0 Å². The van der Waals surface area contributed by atoms with E-state index in [2.05, 4.69) is 5.16 Å². The van der Waals surface area contributed by atoms with Crippen LogP contribution in [0.25, 0.3) is 0 Å². The molecule has 1 atom stereocenters. The molecule has 0 aromatic carbocycles. The summed E-state index contributed by atoms with van der Waals surface area (Å²) in [6.45, 7) is 3.16. The molecule has 0 saturated carbocycles.